The Labute approximate surface area is 127 Å². The van der Waals surface area contributed by atoms with Crippen LogP contribution >= 0.6 is 0 Å². The maximum absolute atomic E-state index is 12.0. The summed E-state index contributed by atoms with van der Waals surface area (Å²) >= 11 is 0. The Kier molecular flexibility index (Phi) is 3.33. The number of methoxy groups -OCH3 is 1. The Morgan fingerprint density at radius 3 is 2.68 bits per heavy atom. The van der Waals surface area contributed by atoms with Gasteiger partial charge in [0, 0.05) is 19.3 Å². The van der Waals surface area contributed by atoms with E-state index in [2.05, 4.69) is 0 Å². The lowest BCUT2D eigenvalue weighted by molar-refractivity contribution is -0.145. The fraction of sp³-hybridized carbons (Fsp3) is 0.500. The van der Waals surface area contributed by atoms with Gasteiger partial charge in [0.2, 0.25) is 6.79 Å². The molecule has 1 aromatic carbocycles. The number of aliphatic carboxylic acids is 1. The van der Waals surface area contributed by atoms with Crippen LogP contribution in [0.15, 0.2) is 18.2 Å². The molecule has 1 aliphatic carbocycles. The SMILES string of the molecule is COC[C@]1(C(=O)O)[C@@H](c2ccc3c(c2)OCO3)[C@@H]1S(C)(=O)=O. The molecule has 0 radical (unpaired) electrons. The van der Waals surface area contributed by atoms with E-state index in [4.69, 9.17) is 14.2 Å². The van der Waals surface area contributed by atoms with Crippen LogP contribution in [0.2, 0.25) is 0 Å². The molecule has 1 aromatic rings. The van der Waals surface area contributed by atoms with Crippen molar-refractivity contribution in [2.75, 3.05) is 26.8 Å². The summed E-state index contributed by atoms with van der Waals surface area (Å²) in [5.74, 6) is -0.789. The summed E-state index contributed by atoms with van der Waals surface area (Å²) < 4.78 is 39.6. The van der Waals surface area contributed by atoms with Crippen molar-refractivity contribution in [3.63, 3.8) is 0 Å². The van der Waals surface area contributed by atoms with Gasteiger partial charge in [0.25, 0.3) is 0 Å². The van der Waals surface area contributed by atoms with Crippen molar-refractivity contribution in [3.8, 4) is 11.5 Å². The van der Waals surface area contributed by atoms with Crippen molar-refractivity contribution < 1.29 is 32.5 Å². The molecule has 0 unspecified atom stereocenters. The molecule has 22 heavy (non-hydrogen) atoms. The zero-order valence-electron chi connectivity index (χ0n) is 12.1. The normalized spacial score (nSPS) is 29.4. The smallest absolute Gasteiger partial charge is 0.314 e. The molecule has 0 bridgehead atoms. The number of hydrogen-bond acceptors (Lipinski definition) is 6. The van der Waals surface area contributed by atoms with E-state index in [9.17, 15) is 18.3 Å². The first kappa shape index (κ1) is 15.1. The molecule has 1 fully saturated rings. The Morgan fingerprint density at radius 2 is 2.09 bits per heavy atom. The van der Waals surface area contributed by atoms with Gasteiger partial charge in [-0.15, -0.1) is 0 Å². The van der Waals surface area contributed by atoms with Crippen LogP contribution in [0.4, 0.5) is 0 Å². The van der Waals surface area contributed by atoms with E-state index in [1.807, 2.05) is 0 Å². The molecular formula is C14H16O7S. The van der Waals surface area contributed by atoms with Gasteiger partial charge < -0.3 is 19.3 Å². The first-order chi connectivity index (χ1) is 10.3. The van der Waals surface area contributed by atoms with Crippen molar-refractivity contribution >= 4 is 15.8 Å². The molecule has 2 aliphatic rings. The Morgan fingerprint density at radius 1 is 1.41 bits per heavy atom. The summed E-state index contributed by atoms with van der Waals surface area (Å²) in [5, 5.41) is 8.58. The number of carbonyl (C=O) groups is 1. The van der Waals surface area contributed by atoms with E-state index in [1.165, 1.54) is 7.11 Å². The van der Waals surface area contributed by atoms with Gasteiger partial charge in [-0.05, 0) is 17.7 Å². The van der Waals surface area contributed by atoms with Crippen molar-refractivity contribution in [1.82, 2.24) is 0 Å². The van der Waals surface area contributed by atoms with E-state index in [0.29, 0.717) is 17.1 Å². The van der Waals surface area contributed by atoms with Crippen molar-refractivity contribution in [2.45, 2.75) is 11.2 Å². The van der Waals surface area contributed by atoms with Gasteiger partial charge in [-0.1, -0.05) is 6.07 Å². The van der Waals surface area contributed by atoms with E-state index in [1.54, 1.807) is 18.2 Å². The van der Waals surface area contributed by atoms with Crippen molar-refractivity contribution in [1.29, 1.82) is 0 Å². The predicted octanol–water partition coefficient (Wildman–Crippen LogP) is 0.643. The summed E-state index contributed by atoms with van der Waals surface area (Å²) in [7, 11) is -2.19. The van der Waals surface area contributed by atoms with Crippen LogP contribution in [-0.2, 0) is 19.4 Å². The number of benzene rings is 1. The Balaban J connectivity index is 2.06. The number of ether oxygens (including phenoxy) is 3. The van der Waals surface area contributed by atoms with Crippen LogP contribution < -0.4 is 9.47 Å². The van der Waals surface area contributed by atoms with E-state index < -0.39 is 32.4 Å². The molecular weight excluding hydrogens is 312 g/mol. The topological polar surface area (TPSA) is 99.1 Å². The molecule has 1 heterocycles. The molecule has 0 spiro atoms. The molecule has 3 atom stereocenters. The quantitative estimate of drug-likeness (QED) is 0.847. The second kappa shape index (κ2) is 4.85. The zero-order valence-corrected chi connectivity index (χ0v) is 12.9. The number of hydrogen-bond donors (Lipinski definition) is 1. The lowest BCUT2D eigenvalue weighted by Crippen LogP contribution is -2.28. The minimum absolute atomic E-state index is 0.0983. The summed E-state index contributed by atoms with van der Waals surface area (Å²) in [6.07, 6.45) is 1.05. The van der Waals surface area contributed by atoms with Gasteiger partial charge in [0.1, 0.15) is 5.41 Å². The van der Waals surface area contributed by atoms with Crippen LogP contribution in [0.3, 0.4) is 0 Å². The molecule has 1 saturated carbocycles. The highest BCUT2D eigenvalue weighted by Gasteiger charge is 2.75. The highest BCUT2D eigenvalue weighted by atomic mass is 32.2. The third kappa shape index (κ3) is 2.05. The van der Waals surface area contributed by atoms with Gasteiger partial charge in [-0.2, -0.15) is 0 Å². The van der Waals surface area contributed by atoms with Gasteiger partial charge in [-0.3, -0.25) is 4.79 Å². The van der Waals surface area contributed by atoms with Gasteiger partial charge >= 0.3 is 5.97 Å². The maximum atomic E-state index is 12.0. The van der Waals surface area contributed by atoms with Crippen molar-refractivity contribution in [2.24, 2.45) is 5.41 Å². The lowest BCUT2D eigenvalue weighted by atomic mass is 9.99. The molecule has 0 aromatic heterocycles. The molecule has 1 N–H and O–H groups in total. The first-order valence-electron chi connectivity index (χ1n) is 6.63. The second-order valence-corrected chi connectivity index (χ2v) is 7.79. The van der Waals surface area contributed by atoms with Crippen LogP contribution in [0.1, 0.15) is 11.5 Å². The molecule has 0 amide bonds. The Hall–Kier alpha value is -1.80. The van der Waals surface area contributed by atoms with Crippen molar-refractivity contribution in [3.05, 3.63) is 23.8 Å². The number of fused-ring (bicyclic) bond motifs is 1. The van der Waals surface area contributed by atoms with Crippen LogP contribution in [0.5, 0.6) is 11.5 Å². The van der Waals surface area contributed by atoms with Crippen LogP contribution in [0.25, 0.3) is 0 Å². The summed E-state index contributed by atoms with van der Waals surface area (Å²) in [4.78, 5) is 11.7. The molecule has 8 heteroatoms. The Bertz CT molecular complexity index is 727. The third-order valence-electron chi connectivity index (χ3n) is 4.25. The minimum Gasteiger partial charge on any atom is -0.481 e. The largest absolute Gasteiger partial charge is 0.481 e. The average molecular weight is 328 g/mol. The standard InChI is InChI=1S/C14H16O7S/c1-19-6-14(13(15)16)11(12(14)22(2,17)18)8-3-4-9-10(5-8)21-7-20-9/h3-5,11-12H,6-7H2,1-2H3,(H,15,16)/t11-,12-,14-/m0/s1. The van der Waals surface area contributed by atoms with Crippen LogP contribution in [0, 0.1) is 5.41 Å². The van der Waals surface area contributed by atoms with E-state index in [0.717, 1.165) is 6.26 Å². The average Bonchev–Trinajstić information content (AvgIpc) is 2.91. The van der Waals surface area contributed by atoms with E-state index in [-0.39, 0.29) is 13.4 Å². The molecule has 1 aliphatic heterocycles. The molecule has 120 valence electrons. The monoisotopic (exact) mass is 328 g/mol. The predicted molar refractivity (Wildman–Crippen MR) is 75.9 cm³/mol. The van der Waals surface area contributed by atoms with Gasteiger partial charge in [0.05, 0.1) is 11.9 Å². The van der Waals surface area contributed by atoms with E-state index >= 15 is 0 Å². The maximum Gasteiger partial charge on any atom is 0.314 e. The fourth-order valence-corrected chi connectivity index (χ4v) is 5.24. The number of rotatable bonds is 5. The second-order valence-electron chi connectivity index (χ2n) is 5.62. The number of carboxylic acid groups (broad SMARTS) is 1. The summed E-state index contributed by atoms with van der Waals surface area (Å²) in [5.41, 5.74) is -0.866. The number of carboxylic acids is 1. The first-order valence-corrected chi connectivity index (χ1v) is 8.58. The number of sulfone groups is 1. The molecule has 0 saturated heterocycles. The third-order valence-corrected chi connectivity index (χ3v) is 5.87. The minimum atomic E-state index is -3.55. The summed E-state index contributed by atoms with van der Waals surface area (Å²) in [6, 6.07) is 4.98. The summed E-state index contributed by atoms with van der Waals surface area (Å²) in [6.45, 7) is -0.0692. The highest BCUT2D eigenvalue weighted by molar-refractivity contribution is 7.91. The highest BCUT2D eigenvalue weighted by Crippen LogP contribution is 2.63. The van der Waals surface area contributed by atoms with Gasteiger partial charge in [-0.25, -0.2) is 8.42 Å². The van der Waals surface area contributed by atoms with Gasteiger partial charge in [0.15, 0.2) is 21.3 Å². The molecule has 3 rings (SSSR count). The lowest BCUT2D eigenvalue weighted by Gasteiger charge is -2.11. The fourth-order valence-electron chi connectivity index (χ4n) is 3.34. The van der Waals surface area contributed by atoms with Crippen LogP contribution in [-0.4, -0.2) is 51.5 Å². The zero-order chi connectivity index (χ0) is 16.1. The molecule has 7 nitrogen and oxygen atoms in total.